The molecule has 0 spiro atoms. The summed E-state index contributed by atoms with van der Waals surface area (Å²) < 4.78 is 41.4. The Labute approximate surface area is 113 Å². The van der Waals surface area contributed by atoms with Gasteiger partial charge in [0.1, 0.15) is 5.75 Å². The third-order valence-corrected chi connectivity index (χ3v) is 2.53. The Bertz CT molecular complexity index is 514. The first-order valence-electron chi connectivity index (χ1n) is 5.92. The number of hydrazone groups is 1. The van der Waals surface area contributed by atoms with Crippen molar-refractivity contribution in [2.45, 2.75) is 6.36 Å². The first kappa shape index (κ1) is 14.2. The number of nitrogens with zero attached hydrogens (tertiary/aromatic N) is 2. The predicted molar refractivity (Wildman–Crippen MR) is 67.9 cm³/mol. The smallest absolute Gasteiger partial charge is 0.406 e. The van der Waals surface area contributed by atoms with E-state index in [0.29, 0.717) is 5.56 Å². The summed E-state index contributed by atoms with van der Waals surface area (Å²) in [4.78, 5) is 0. The Balaban J connectivity index is 2.02. The molecule has 108 valence electrons. The van der Waals surface area contributed by atoms with E-state index in [0.717, 1.165) is 19.0 Å². The molecular weight excluding hydrogens is 273 g/mol. The normalized spacial score (nSPS) is 15.1. The van der Waals surface area contributed by atoms with Crippen molar-refractivity contribution in [2.24, 2.45) is 5.10 Å². The van der Waals surface area contributed by atoms with Gasteiger partial charge in [0.25, 0.3) is 0 Å². The van der Waals surface area contributed by atoms with Crippen molar-refractivity contribution in [2.75, 3.05) is 20.1 Å². The molecule has 1 aliphatic heterocycles. The van der Waals surface area contributed by atoms with E-state index in [1.54, 1.807) is 17.9 Å². The molecule has 0 aromatic heterocycles. The lowest BCUT2D eigenvalue weighted by atomic mass is 10.2. The summed E-state index contributed by atoms with van der Waals surface area (Å²) in [6, 6.07) is 5.49. The molecule has 2 rings (SSSR count). The van der Waals surface area contributed by atoms with Crippen LogP contribution in [0, 0.1) is 0 Å². The maximum absolute atomic E-state index is 12.0. The molecule has 1 aromatic rings. The molecule has 0 amide bonds. The van der Waals surface area contributed by atoms with E-state index in [2.05, 4.69) is 20.5 Å². The molecule has 0 saturated carbocycles. The first-order chi connectivity index (χ1) is 9.44. The molecule has 0 aliphatic carbocycles. The summed E-state index contributed by atoms with van der Waals surface area (Å²) in [5.74, 6) is 0.537. The lowest BCUT2D eigenvalue weighted by Gasteiger charge is -2.08. The van der Waals surface area contributed by atoms with Gasteiger partial charge in [0.2, 0.25) is 0 Å². The van der Waals surface area contributed by atoms with Gasteiger partial charge in [-0.05, 0) is 29.8 Å². The van der Waals surface area contributed by atoms with Gasteiger partial charge in [-0.25, -0.2) is 0 Å². The first-order valence-corrected chi connectivity index (χ1v) is 5.92. The van der Waals surface area contributed by atoms with Gasteiger partial charge in [-0.2, -0.15) is 0 Å². The Hall–Kier alpha value is -2.25. The van der Waals surface area contributed by atoms with Gasteiger partial charge < -0.3 is 4.74 Å². The minimum Gasteiger partial charge on any atom is -0.406 e. The Morgan fingerprint density at radius 3 is 2.35 bits per heavy atom. The zero-order valence-corrected chi connectivity index (χ0v) is 10.7. The number of ether oxygens (including phenoxy) is 1. The van der Waals surface area contributed by atoms with E-state index < -0.39 is 6.36 Å². The van der Waals surface area contributed by atoms with Crippen molar-refractivity contribution in [3.8, 4) is 5.75 Å². The van der Waals surface area contributed by atoms with Crippen LogP contribution in [-0.2, 0) is 0 Å². The van der Waals surface area contributed by atoms with Crippen LogP contribution in [0.25, 0.3) is 0 Å². The lowest BCUT2D eigenvalue weighted by molar-refractivity contribution is -0.505. The fourth-order valence-electron chi connectivity index (χ4n) is 1.62. The van der Waals surface area contributed by atoms with Crippen molar-refractivity contribution < 1.29 is 22.6 Å². The number of alkyl halides is 3. The fraction of sp³-hybridized carbons (Fsp3) is 0.333. The minimum atomic E-state index is -4.67. The van der Waals surface area contributed by atoms with Crippen LogP contribution >= 0.6 is 0 Å². The van der Waals surface area contributed by atoms with Gasteiger partial charge in [0.15, 0.2) is 0 Å². The molecule has 0 radical (unpaired) electrons. The number of benzene rings is 1. The third-order valence-electron chi connectivity index (χ3n) is 2.53. The van der Waals surface area contributed by atoms with E-state index in [-0.39, 0.29) is 5.75 Å². The van der Waals surface area contributed by atoms with Crippen LogP contribution in [0.4, 0.5) is 13.2 Å². The van der Waals surface area contributed by atoms with Crippen molar-refractivity contribution in [1.82, 2.24) is 10.6 Å². The van der Waals surface area contributed by atoms with Crippen molar-refractivity contribution in [1.29, 1.82) is 0 Å². The zero-order valence-electron chi connectivity index (χ0n) is 10.7. The number of guanidine groups is 1. The molecule has 8 heteroatoms. The molecule has 1 aliphatic rings. The van der Waals surface area contributed by atoms with Gasteiger partial charge >= 0.3 is 12.3 Å². The second-order valence-corrected chi connectivity index (χ2v) is 4.09. The molecule has 1 aromatic carbocycles. The number of nitrogens with one attached hydrogen (secondary N) is 2. The van der Waals surface area contributed by atoms with Gasteiger partial charge in [0, 0.05) is 0 Å². The van der Waals surface area contributed by atoms with Crippen LogP contribution in [0.2, 0.25) is 0 Å². The van der Waals surface area contributed by atoms with Crippen molar-refractivity contribution in [3.63, 3.8) is 0 Å². The Morgan fingerprint density at radius 2 is 1.80 bits per heavy atom. The Kier molecular flexibility index (Phi) is 4.11. The summed E-state index contributed by atoms with van der Waals surface area (Å²) in [7, 11) is 1.76. The zero-order chi connectivity index (χ0) is 14.6. The van der Waals surface area contributed by atoms with E-state index >= 15 is 0 Å². The highest BCUT2D eigenvalue weighted by molar-refractivity contribution is 5.80. The molecule has 0 atom stereocenters. The van der Waals surface area contributed by atoms with Crippen LogP contribution in [0.1, 0.15) is 5.56 Å². The monoisotopic (exact) mass is 287 g/mol. The summed E-state index contributed by atoms with van der Waals surface area (Å²) in [5, 5.41) is 10.4. The topological polar surface area (TPSA) is 48.7 Å². The van der Waals surface area contributed by atoms with Crippen LogP contribution in [0.3, 0.4) is 0 Å². The molecule has 1 heterocycles. The molecule has 5 nitrogen and oxygen atoms in total. The second-order valence-electron chi connectivity index (χ2n) is 4.09. The average molecular weight is 287 g/mol. The molecule has 2 N–H and O–H groups in total. The van der Waals surface area contributed by atoms with Crippen LogP contribution in [0.15, 0.2) is 29.4 Å². The average Bonchev–Trinajstić information content (AvgIpc) is 2.89. The fourth-order valence-corrected chi connectivity index (χ4v) is 1.62. The largest absolute Gasteiger partial charge is 0.573 e. The summed E-state index contributed by atoms with van der Waals surface area (Å²) in [6.45, 7) is 1.66. The highest BCUT2D eigenvalue weighted by atomic mass is 19.4. The highest BCUT2D eigenvalue weighted by Crippen LogP contribution is 2.22. The molecular formula is C12H14F3N4O+. The quantitative estimate of drug-likeness (QED) is 0.497. The number of halogens is 3. The maximum Gasteiger partial charge on any atom is 0.573 e. The van der Waals surface area contributed by atoms with E-state index in [1.165, 1.54) is 24.3 Å². The van der Waals surface area contributed by atoms with Crippen LogP contribution in [0.5, 0.6) is 5.75 Å². The molecule has 0 unspecified atom stereocenters. The number of hydrogen-bond acceptors (Lipinski definition) is 2. The summed E-state index contributed by atoms with van der Waals surface area (Å²) in [6.07, 6.45) is -3.13. The Morgan fingerprint density at radius 1 is 1.20 bits per heavy atom. The minimum absolute atomic E-state index is 0.253. The van der Waals surface area contributed by atoms with E-state index in [9.17, 15) is 13.2 Å². The molecule has 20 heavy (non-hydrogen) atoms. The standard InChI is InChI=1S/C12H13F3N4O/c1-19(11-16-6-7-17-11)18-8-9-2-4-10(5-3-9)20-12(13,14)15/h2-5,8H,6-7H2,1H3,(H,16,17)/p+1. The molecule has 0 bridgehead atoms. The van der Waals surface area contributed by atoms with Gasteiger partial charge in [-0.15, -0.1) is 23.0 Å². The lowest BCUT2D eigenvalue weighted by Crippen LogP contribution is -2.31. The van der Waals surface area contributed by atoms with Crippen molar-refractivity contribution >= 4 is 12.2 Å². The van der Waals surface area contributed by atoms with E-state index in [1.807, 2.05) is 0 Å². The molecule has 1 fully saturated rings. The SMILES string of the molecule is C[N+](N=Cc1ccc(OC(F)(F)F)cc1)=C1NCCN1. The third kappa shape index (κ3) is 4.15. The number of hydrogen-bond donors (Lipinski definition) is 2. The summed E-state index contributed by atoms with van der Waals surface area (Å²) in [5.41, 5.74) is 0.671. The second kappa shape index (κ2) is 5.81. The van der Waals surface area contributed by atoms with Crippen LogP contribution < -0.4 is 15.4 Å². The molecule has 1 saturated heterocycles. The summed E-state index contributed by atoms with van der Waals surface area (Å²) >= 11 is 0. The van der Waals surface area contributed by atoms with Crippen molar-refractivity contribution in [3.05, 3.63) is 29.8 Å². The number of rotatable bonds is 3. The predicted octanol–water partition coefficient (Wildman–Crippen LogP) is 1.11. The van der Waals surface area contributed by atoms with Gasteiger partial charge in [-0.1, -0.05) is 0 Å². The maximum atomic E-state index is 12.0. The highest BCUT2D eigenvalue weighted by Gasteiger charge is 2.30. The van der Waals surface area contributed by atoms with E-state index in [4.69, 9.17) is 0 Å². The van der Waals surface area contributed by atoms with Crippen LogP contribution in [-0.4, -0.2) is 43.4 Å². The van der Waals surface area contributed by atoms with Gasteiger partial charge in [0.05, 0.1) is 26.4 Å². The van der Waals surface area contributed by atoms with Gasteiger partial charge in [-0.3, -0.25) is 10.6 Å².